The first-order chi connectivity index (χ1) is 12.9. The first-order valence-electron chi connectivity index (χ1n) is 8.52. The summed E-state index contributed by atoms with van der Waals surface area (Å²) in [6.07, 6.45) is -0.650. The van der Waals surface area contributed by atoms with Crippen molar-refractivity contribution in [2.75, 3.05) is 17.3 Å². The molecule has 0 saturated carbocycles. The minimum Gasteiger partial charge on any atom is -0.443 e. The smallest absolute Gasteiger partial charge is 0.414 e. The van der Waals surface area contributed by atoms with Crippen LogP contribution in [-0.2, 0) is 4.74 Å². The Balaban J connectivity index is 2.30. The molecule has 1 N–H and O–H groups in total. The number of amides is 2. The molecule has 150 valence electrons. The number of hydrogen-bond acceptors (Lipinski definition) is 6. The number of carbonyl (C=O) groups excluding carboxylic acids is 2. The summed E-state index contributed by atoms with van der Waals surface area (Å²) in [7, 11) is 1.45. The van der Waals surface area contributed by atoms with Crippen molar-refractivity contribution in [2.24, 2.45) is 0 Å². The predicted molar refractivity (Wildman–Crippen MR) is 109 cm³/mol. The second-order valence-electron chi connectivity index (χ2n) is 7.30. The molecule has 0 radical (unpaired) electrons. The van der Waals surface area contributed by atoms with Crippen molar-refractivity contribution in [3.05, 3.63) is 50.4 Å². The molecule has 2 amide bonds. The van der Waals surface area contributed by atoms with E-state index in [9.17, 15) is 19.7 Å². The number of nitro groups is 1. The van der Waals surface area contributed by atoms with Crippen molar-refractivity contribution >= 4 is 39.7 Å². The molecule has 0 bridgehead atoms. The van der Waals surface area contributed by atoms with E-state index in [1.54, 1.807) is 20.8 Å². The van der Waals surface area contributed by atoms with Gasteiger partial charge in [0.25, 0.3) is 11.6 Å². The highest BCUT2D eigenvalue weighted by molar-refractivity contribution is 7.16. The zero-order valence-electron chi connectivity index (χ0n) is 16.7. The van der Waals surface area contributed by atoms with Gasteiger partial charge in [-0.15, -0.1) is 11.3 Å². The Morgan fingerprint density at radius 3 is 2.36 bits per heavy atom. The van der Waals surface area contributed by atoms with Gasteiger partial charge in [0.1, 0.15) is 11.2 Å². The van der Waals surface area contributed by atoms with E-state index < -0.39 is 28.2 Å². The molecule has 0 spiro atoms. The van der Waals surface area contributed by atoms with Crippen LogP contribution in [0.5, 0.6) is 0 Å². The number of anilines is 2. The highest BCUT2D eigenvalue weighted by Gasteiger charge is 2.25. The zero-order chi connectivity index (χ0) is 21.2. The Hall–Kier alpha value is -2.94. The lowest BCUT2D eigenvalue weighted by Crippen LogP contribution is -2.34. The van der Waals surface area contributed by atoms with E-state index in [-0.39, 0.29) is 11.3 Å². The quantitative estimate of drug-likeness (QED) is 0.576. The lowest BCUT2D eigenvalue weighted by Gasteiger charge is -2.24. The van der Waals surface area contributed by atoms with Gasteiger partial charge in [0.15, 0.2) is 0 Å². The molecular formula is C19H23N3O5S. The van der Waals surface area contributed by atoms with Crippen LogP contribution in [0.15, 0.2) is 24.3 Å². The van der Waals surface area contributed by atoms with Crippen LogP contribution >= 0.6 is 11.3 Å². The fourth-order valence-corrected chi connectivity index (χ4v) is 3.25. The summed E-state index contributed by atoms with van der Waals surface area (Å²) in [5.74, 6) is -0.584. The monoisotopic (exact) mass is 405 g/mol. The van der Waals surface area contributed by atoms with Gasteiger partial charge in [0.05, 0.1) is 15.6 Å². The summed E-state index contributed by atoms with van der Waals surface area (Å²) >= 11 is 1.40. The van der Waals surface area contributed by atoms with Crippen molar-refractivity contribution in [3.8, 4) is 0 Å². The third-order valence-electron chi connectivity index (χ3n) is 3.88. The molecule has 0 aliphatic heterocycles. The minimum atomic E-state index is -0.700. The average Bonchev–Trinajstić information content (AvgIpc) is 2.89. The highest BCUT2D eigenvalue weighted by Crippen LogP contribution is 2.29. The number of hydrogen-bond donors (Lipinski definition) is 1. The van der Waals surface area contributed by atoms with E-state index in [4.69, 9.17) is 4.74 Å². The van der Waals surface area contributed by atoms with E-state index in [0.717, 1.165) is 15.3 Å². The van der Waals surface area contributed by atoms with E-state index in [0.29, 0.717) is 5.00 Å². The lowest BCUT2D eigenvalue weighted by atomic mass is 10.1. The van der Waals surface area contributed by atoms with Crippen molar-refractivity contribution in [1.82, 2.24) is 0 Å². The Kier molecular flexibility index (Phi) is 6.08. The Labute approximate surface area is 167 Å². The van der Waals surface area contributed by atoms with Gasteiger partial charge in [-0.1, -0.05) is 0 Å². The molecule has 0 fully saturated rings. The average molecular weight is 405 g/mol. The number of benzene rings is 1. The number of thiophene rings is 1. The molecule has 2 aromatic rings. The summed E-state index contributed by atoms with van der Waals surface area (Å²) in [4.78, 5) is 37.8. The van der Waals surface area contributed by atoms with Crippen LogP contribution in [0.3, 0.4) is 0 Å². The topological polar surface area (TPSA) is 102 Å². The molecule has 0 saturated heterocycles. The van der Waals surface area contributed by atoms with Crippen LogP contribution < -0.4 is 10.2 Å². The van der Waals surface area contributed by atoms with Gasteiger partial charge in [-0.25, -0.2) is 4.79 Å². The normalized spacial score (nSPS) is 11.1. The Morgan fingerprint density at radius 1 is 1.21 bits per heavy atom. The maximum Gasteiger partial charge on any atom is 0.414 e. The Bertz CT molecular complexity index is 911. The Morgan fingerprint density at radius 2 is 1.86 bits per heavy atom. The fourth-order valence-electron chi connectivity index (χ4n) is 2.32. The van der Waals surface area contributed by atoms with Crippen LogP contribution in [0.1, 0.15) is 41.6 Å². The first kappa shape index (κ1) is 21.4. The molecule has 0 atom stereocenters. The number of carbonyl (C=O) groups is 2. The molecule has 2 rings (SSSR count). The van der Waals surface area contributed by atoms with Crippen molar-refractivity contribution in [3.63, 3.8) is 0 Å². The maximum absolute atomic E-state index is 12.5. The molecule has 1 aromatic heterocycles. The van der Waals surface area contributed by atoms with E-state index >= 15 is 0 Å². The number of ether oxygens (including phenoxy) is 1. The highest BCUT2D eigenvalue weighted by atomic mass is 32.1. The number of rotatable bonds is 4. The number of nitrogens with zero attached hydrogens (tertiary/aromatic N) is 2. The molecule has 1 heterocycles. The SMILES string of the molecule is Cc1cc(NC(=O)c2ccc(N(C)C(=O)OC(C)(C)C)cc2[N+](=O)[O-])sc1C. The van der Waals surface area contributed by atoms with Gasteiger partial charge >= 0.3 is 6.09 Å². The van der Waals surface area contributed by atoms with E-state index in [2.05, 4.69) is 5.32 Å². The molecule has 0 unspecified atom stereocenters. The van der Waals surface area contributed by atoms with Crippen molar-refractivity contribution < 1.29 is 19.2 Å². The molecular weight excluding hydrogens is 382 g/mol. The molecule has 9 heteroatoms. The summed E-state index contributed by atoms with van der Waals surface area (Å²) in [6, 6.07) is 5.80. The summed E-state index contributed by atoms with van der Waals surface area (Å²) in [6.45, 7) is 9.03. The number of nitro benzene ring substituents is 1. The van der Waals surface area contributed by atoms with Gasteiger partial charge < -0.3 is 10.1 Å². The molecule has 0 aliphatic carbocycles. The van der Waals surface area contributed by atoms with Crippen LogP contribution in [-0.4, -0.2) is 29.6 Å². The van der Waals surface area contributed by atoms with Gasteiger partial charge in [-0.05, 0) is 58.4 Å². The third-order valence-corrected chi connectivity index (χ3v) is 4.95. The number of aryl methyl sites for hydroxylation is 2. The standard InChI is InChI=1S/C19H23N3O5S/c1-11-9-16(28-12(11)2)20-17(23)14-8-7-13(10-15(14)22(25)26)21(6)18(24)27-19(3,4)5/h7-10H,1-6H3,(H,20,23). The van der Waals surface area contributed by atoms with Gasteiger partial charge in [0.2, 0.25) is 0 Å². The largest absolute Gasteiger partial charge is 0.443 e. The zero-order valence-corrected chi connectivity index (χ0v) is 17.5. The van der Waals surface area contributed by atoms with Crippen LogP contribution in [0.25, 0.3) is 0 Å². The second kappa shape index (κ2) is 7.97. The van der Waals surface area contributed by atoms with E-state index in [1.165, 1.54) is 36.6 Å². The van der Waals surface area contributed by atoms with Crippen molar-refractivity contribution in [1.29, 1.82) is 0 Å². The summed E-state index contributed by atoms with van der Waals surface area (Å²) < 4.78 is 5.26. The third kappa shape index (κ3) is 5.07. The van der Waals surface area contributed by atoms with Gasteiger partial charge in [0, 0.05) is 18.0 Å². The van der Waals surface area contributed by atoms with E-state index in [1.807, 2.05) is 19.9 Å². The summed E-state index contributed by atoms with van der Waals surface area (Å²) in [5, 5.41) is 14.8. The molecule has 0 aliphatic rings. The molecule has 1 aromatic carbocycles. The predicted octanol–water partition coefficient (Wildman–Crippen LogP) is 4.90. The summed E-state index contributed by atoms with van der Waals surface area (Å²) in [5.41, 5.74) is 0.101. The van der Waals surface area contributed by atoms with Crippen LogP contribution in [0.4, 0.5) is 21.2 Å². The van der Waals surface area contributed by atoms with Crippen molar-refractivity contribution in [2.45, 2.75) is 40.2 Å². The van der Waals surface area contributed by atoms with Crippen LogP contribution in [0.2, 0.25) is 0 Å². The number of nitrogens with one attached hydrogen (secondary N) is 1. The van der Waals surface area contributed by atoms with Crippen LogP contribution in [0, 0.1) is 24.0 Å². The lowest BCUT2D eigenvalue weighted by molar-refractivity contribution is -0.385. The second-order valence-corrected chi connectivity index (χ2v) is 8.56. The maximum atomic E-state index is 12.5. The molecule has 8 nitrogen and oxygen atoms in total. The van der Waals surface area contributed by atoms with Gasteiger partial charge in [-0.3, -0.25) is 19.8 Å². The first-order valence-corrected chi connectivity index (χ1v) is 9.34. The minimum absolute atomic E-state index is 0.0879. The fraction of sp³-hybridized carbons (Fsp3) is 0.368. The molecule has 28 heavy (non-hydrogen) atoms. The van der Waals surface area contributed by atoms with Gasteiger partial charge in [-0.2, -0.15) is 0 Å².